The van der Waals surface area contributed by atoms with E-state index in [-0.39, 0.29) is 5.92 Å². The fourth-order valence-electron chi connectivity index (χ4n) is 0.802. The van der Waals surface area contributed by atoms with Gasteiger partial charge in [0.05, 0.1) is 6.61 Å². The van der Waals surface area contributed by atoms with Gasteiger partial charge in [0.1, 0.15) is 6.54 Å². The van der Waals surface area contributed by atoms with Crippen molar-refractivity contribution < 1.29 is 26.7 Å². The molecule has 0 saturated carbocycles. The fraction of sp³-hybridized carbons (Fsp3) is 1.00. The molecule has 1 atom stereocenters. The first-order chi connectivity index (χ1) is 7.07. The molecule has 0 radical (unpaired) electrons. The SMILES string of the molecule is CC(C)C(CO)NS(=O)(=O)NCC(F)(F)F. The van der Waals surface area contributed by atoms with Crippen molar-refractivity contribution in [2.75, 3.05) is 13.2 Å². The number of rotatable bonds is 6. The van der Waals surface area contributed by atoms with Gasteiger partial charge in [0.25, 0.3) is 10.2 Å². The van der Waals surface area contributed by atoms with E-state index in [2.05, 4.69) is 0 Å². The normalized spacial score (nSPS) is 15.4. The fourth-order valence-corrected chi connectivity index (χ4v) is 1.98. The molecule has 0 aliphatic rings. The van der Waals surface area contributed by atoms with Crippen LogP contribution < -0.4 is 9.44 Å². The van der Waals surface area contributed by atoms with Crippen molar-refractivity contribution in [3.05, 3.63) is 0 Å². The van der Waals surface area contributed by atoms with E-state index < -0.39 is 35.6 Å². The van der Waals surface area contributed by atoms with Crippen LogP contribution in [0.15, 0.2) is 0 Å². The summed E-state index contributed by atoms with van der Waals surface area (Å²) in [6, 6.07) is -0.814. The molecule has 0 bridgehead atoms. The van der Waals surface area contributed by atoms with E-state index in [0.29, 0.717) is 0 Å². The Labute approximate surface area is 92.2 Å². The maximum absolute atomic E-state index is 11.8. The van der Waals surface area contributed by atoms with Crippen LogP contribution in [0.3, 0.4) is 0 Å². The first-order valence-corrected chi connectivity index (χ1v) is 6.00. The number of hydrogen-bond acceptors (Lipinski definition) is 3. The molecule has 0 aromatic rings. The monoisotopic (exact) mass is 264 g/mol. The van der Waals surface area contributed by atoms with Crippen LogP contribution in [0.2, 0.25) is 0 Å². The Morgan fingerprint density at radius 3 is 2.12 bits per heavy atom. The molecular weight excluding hydrogens is 249 g/mol. The van der Waals surface area contributed by atoms with Gasteiger partial charge in [0, 0.05) is 6.04 Å². The van der Waals surface area contributed by atoms with Gasteiger partial charge in [0.15, 0.2) is 0 Å². The molecule has 0 amide bonds. The van der Waals surface area contributed by atoms with Gasteiger partial charge in [-0.05, 0) is 5.92 Å². The van der Waals surface area contributed by atoms with E-state index in [1.165, 1.54) is 4.72 Å². The summed E-state index contributed by atoms with van der Waals surface area (Å²) in [7, 11) is -4.25. The van der Waals surface area contributed by atoms with Crippen LogP contribution >= 0.6 is 0 Å². The number of hydrogen-bond donors (Lipinski definition) is 3. The Morgan fingerprint density at radius 2 is 1.81 bits per heavy atom. The summed E-state index contributed by atoms with van der Waals surface area (Å²) in [4.78, 5) is 0. The smallest absolute Gasteiger partial charge is 0.395 e. The lowest BCUT2D eigenvalue weighted by Crippen LogP contribution is -2.48. The largest absolute Gasteiger partial charge is 0.402 e. The standard InChI is InChI=1S/C7H15F3N2O3S/c1-5(2)6(3-13)12-16(14,15)11-4-7(8,9)10/h5-6,11-13H,3-4H2,1-2H3. The lowest BCUT2D eigenvalue weighted by atomic mass is 10.1. The maximum Gasteiger partial charge on any atom is 0.402 e. The van der Waals surface area contributed by atoms with Gasteiger partial charge in [-0.25, -0.2) is 0 Å². The summed E-state index contributed by atoms with van der Waals surface area (Å²) in [6.45, 7) is 1.14. The molecule has 0 rings (SSSR count). The zero-order chi connectivity index (χ0) is 13.0. The minimum atomic E-state index is -4.61. The molecular formula is C7H15F3N2O3S. The van der Waals surface area contributed by atoms with Crippen molar-refractivity contribution in [2.45, 2.75) is 26.1 Å². The van der Waals surface area contributed by atoms with Crippen LogP contribution in [0.4, 0.5) is 13.2 Å². The molecule has 3 N–H and O–H groups in total. The lowest BCUT2D eigenvalue weighted by molar-refractivity contribution is -0.121. The predicted molar refractivity (Wildman–Crippen MR) is 51.8 cm³/mol. The van der Waals surface area contributed by atoms with Crippen molar-refractivity contribution in [1.82, 2.24) is 9.44 Å². The van der Waals surface area contributed by atoms with Crippen molar-refractivity contribution in [1.29, 1.82) is 0 Å². The number of alkyl halides is 3. The molecule has 5 nitrogen and oxygen atoms in total. The third-order valence-corrected chi connectivity index (χ3v) is 2.91. The van der Waals surface area contributed by atoms with Crippen molar-refractivity contribution >= 4 is 10.2 Å². The van der Waals surface area contributed by atoms with E-state index in [4.69, 9.17) is 5.11 Å². The Bertz CT molecular complexity index is 302. The molecule has 0 heterocycles. The average molecular weight is 264 g/mol. The summed E-state index contributed by atoms with van der Waals surface area (Å²) in [5.74, 6) is -0.229. The molecule has 0 spiro atoms. The average Bonchev–Trinajstić information content (AvgIpc) is 2.10. The van der Waals surface area contributed by atoms with Crippen LogP contribution in [-0.4, -0.2) is 38.9 Å². The van der Waals surface area contributed by atoms with E-state index in [1.54, 1.807) is 13.8 Å². The van der Waals surface area contributed by atoms with Crippen LogP contribution in [0.5, 0.6) is 0 Å². The van der Waals surface area contributed by atoms with E-state index >= 15 is 0 Å². The number of halogens is 3. The number of aliphatic hydroxyl groups excluding tert-OH is 1. The highest BCUT2D eigenvalue weighted by molar-refractivity contribution is 7.87. The van der Waals surface area contributed by atoms with E-state index in [1.807, 2.05) is 4.72 Å². The first kappa shape index (κ1) is 15.6. The van der Waals surface area contributed by atoms with Crippen molar-refractivity contribution in [3.8, 4) is 0 Å². The Kier molecular flexibility index (Phi) is 5.66. The van der Waals surface area contributed by atoms with Gasteiger partial charge in [-0.3, -0.25) is 0 Å². The van der Waals surface area contributed by atoms with Gasteiger partial charge in [-0.15, -0.1) is 0 Å². The van der Waals surface area contributed by atoms with Crippen LogP contribution in [0.1, 0.15) is 13.8 Å². The van der Waals surface area contributed by atoms with Gasteiger partial charge in [-0.2, -0.15) is 31.0 Å². The molecule has 0 aliphatic carbocycles. The molecule has 0 fully saturated rings. The number of nitrogens with one attached hydrogen (secondary N) is 2. The summed E-state index contributed by atoms with van der Waals surface area (Å²) >= 11 is 0. The highest BCUT2D eigenvalue weighted by Crippen LogP contribution is 2.12. The second-order valence-electron chi connectivity index (χ2n) is 3.59. The zero-order valence-corrected chi connectivity index (χ0v) is 9.69. The topological polar surface area (TPSA) is 78.4 Å². The first-order valence-electron chi connectivity index (χ1n) is 4.52. The van der Waals surface area contributed by atoms with Crippen LogP contribution in [0.25, 0.3) is 0 Å². The predicted octanol–water partition coefficient (Wildman–Crippen LogP) is -0.0104. The molecule has 1 unspecified atom stereocenters. The molecule has 16 heavy (non-hydrogen) atoms. The molecule has 9 heteroatoms. The van der Waals surface area contributed by atoms with Crippen molar-refractivity contribution in [2.24, 2.45) is 5.92 Å². The minimum absolute atomic E-state index is 0.229. The third kappa shape index (κ3) is 6.99. The Balaban J connectivity index is 4.35. The molecule has 0 aromatic carbocycles. The Morgan fingerprint density at radius 1 is 1.31 bits per heavy atom. The molecule has 0 aliphatic heterocycles. The zero-order valence-electron chi connectivity index (χ0n) is 8.87. The summed E-state index contributed by atoms with van der Waals surface area (Å²) in [5.41, 5.74) is 0. The van der Waals surface area contributed by atoms with Crippen molar-refractivity contribution in [3.63, 3.8) is 0 Å². The second-order valence-corrected chi connectivity index (χ2v) is 5.12. The van der Waals surface area contributed by atoms with Gasteiger partial charge in [0.2, 0.25) is 0 Å². The maximum atomic E-state index is 11.8. The minimum Gasteiger partial charge on any atom is -0.395 e. The third-order valence-electron chi connectivity index (χ3n) is 1.77. The quantitative estimate of drug-likeness (QED) is 0.631. The van der Waals surface area contributed by atoms with Gasteiger partial charge >= 0.3 is 6.18 Å². The lowest BCUT2D eigenvalue weighted by Gasteiger charge is -2.20. The van der Waals surface area contributed by atoms with Gasteiger partial charge in [-0.1, -0.05) is 13.8 Å². The number of aliphatic hydroxyl groups is 1. The van der Waals surface area contributed by atoms with E-state index in [9.17, 15) is 21.6 Å². The summed E-state index contributed by atoms with van der Waals surface area (Å²) < 4.78 is 60.8. The highest BCUT2D eigenvalue weighted by atomic mass is 32.2. The second kappa shape index (κ2) is 5.80. The summed E-state index contributed by atoms with van der Waals surface area (Å²) in [6.07, 6.45) is -4.61. The van der Waals surface area contributed by atoms with Gasteiger partial charge < -0.3 is 5.11 Å². The summed E-state index contributed by atoms with van der Waals surface area (Å²) in [5, 5.41) is 8.81. The molecule has 98 valence electrons. The van der Waals surface area contributed by atoms with Crippen LogP contribution in [-0.2, 0) is 10.2 Å². The van der Waals surface area contributed by atoms with Crippen LogP contribution in [0, 0.1) is 5.92 Å². The molecule has 0 aromatic heterocycles. The van der Waals surface area contributed by atoms with E-state index in [0.717, 1.165) is 0 Å². The Hall–Kier alpha value is -0.380. The highest BCUT2D eigenvalue weighted by Gasteiger charge is 2.30. The molecule has 0 saturated heterocycles.